The van der Waals surface area contributed by atoms with Gasteiger partial charge >= 0.3 is 5.97 Å². The van der Waals surface area contributed by atoms with Gasteiger partial charge in [-0.1, -0.05) is 42.5 Å². The SMILES string of the molecule is COC(=O)C[C@@H]1C[C@@H](CNC(=O)C2CC(c3ccc(C#N)cc3)C2)N(CCCc2ccccc2)C1=O. The molecular weight excluding hydrogens is 454 g/mol. The first kappa shape index (κ1) is 25.4. The number of methoxy groups -OCH3 is 1. The van der Waals surface area contributed by atoms with E-state index in [2.05, 4.69) is 23.5 Å². The molecule has 188 valence electrons. The van der Waals surface area contributed by atoms with Gasteiger partial charge in [0.25, 0.3) is 0 Å². The van der Waals surface area contributed by atoms with Crippen LogP contribution in [0.4, 0.5) is 0 Å². The number of nitrogens with zero attached hydrogens (tertiary/aromatic N) is 2. The third-order valence-electron chi connectivity index (χ3n) is 7.51. The Kier molecular flexibility index (Phi) is 8.37. The maximum absolute atomic E-state index is 13.1. The largest absolute Gasteiger partial charge is 0.469 e. The summed E-state index contributed by atoms with van der Waals surface area (Å²) in [5, 5.41) is 12.0. The fourth-order valence-electron chi connectivity index (χ4n) is 5.31. The van der Waals surface area contributed by atoms with Crippen molar-refractivity contribution >= 4 is 17.8 Å². The van der Waals surface area contributed by atoms with Crippen molar-refractivity contribution in [2.45, 2.75) is 50.5 Å². The van der Waals surface area contributed by atoms with Crippen LogP contribution >= 0.6 is 0 Å². The fraction of sp³-hybridized carbons (Fsp3) is 0.448. The van der Waals surface area contributed by atoms with E-state index in [-0.39, 0.29) is 36.2 Å². The van der Waals surface area contributed by atoms with E-state index in [1.165, 1.54) is 12.7 Å². The van der Waals surface area contributed by atoms with Crippen LogP contribution in [-0.2, 0) is 25.5 Å². The van der Waals surface area contributed by atoms with Crippen LogP contribution in [0, 0.1) is 23.2 Å². The second kappa shape index (κ2) is 11.9. The number of amides is 2. The van der Waals surface area contributed by atoms with Crippen LogP contribution < -0.4 is 5.32 Å². The molecule has 0 radical (unpaired) electrons. The Hall–Kier alpha value is -3.66. The van der Waals surface area contributed by atoms with Crippen LogP contribution in [0.25, 0.3) is 0 Å². The smallest absolute Gasteiger partial charge is 0.306 e. The summed E-state index contributed by atoms with van der Waals surface area (Å²) in [6.07, 6.45) is 3.87. The topological polar surface area (TPSA) is 99.5 Å². The van der Waals surface area contributed by atoms with Crippen molar-refractivity contribution in [2.75, 3.05) is 20.2 Å². The number of hydrogen-bond donors (Lipinski definition) is 1. The van der Waals surface area contributed by atoms with Gasteiger partial charge in [0.2, 0.25) is 11.8 Å². The number of likely N-dealkylation sites (tertiary alicyclic amines) is 1. The molecule has 0 aromatic heterocycles. The molecule has 7 nitrogen and oxygen atoms in total. The number of carbonyl (C=O) groups excluding carboxylic acids is 3. The lowest BCUT2D eigenvalue weighted by Gasteiger charge is -2.35. The summed E-state index contributed by atoms with van der Waals surface area (Å²) in [4.78, 5) is 39.6. The number of nitrogens with one attached hydrogen (secondary N) is 1. The molecule has 1 heterocycles. The number of carbonyl (C=O) groups is 3. The summed E-state index contributed by atoms with van der Waals surface area (Å²) in [6.45, 7) is 0.988. The lowest BCUT2D eigenvalue weighted by atomic mass is 9.71. The van der Waals surface area contributed by atoms with Crippen LogP contribution in [0.3, 0.4) is 0 Å². The molecule has 1 aliphatic heterocycles. The first-order valence-corrected chi connectivity index (χ1v) is 12.7. The molecule has 1 saturated carbocycles. The third kappa shape index (κ3) is 6.12. The molecule has 2 aromatic rings. The van der Waals surface area contributed by atoms with E-state index in [4.69, 9.17) is 10.00 Å². The minimum atomic E-state index is -0.402. The first-order chi connectivity index (χ1) is 17.5. The predicted octanol–water partition coefficient (Wildman–Crippen LogP) is 3.58. The van der Waals surface area contributed by atoms with Crippen LogP contribution in [0.5, 0.6) is 0 Å². The summed E-state index contributed by atoms with van der Waals surface area (Å²) in [6, 6.07) is 19.7. The number of esters is 1. The molecule has 1 N–H and O–H groups in total. The molecule has 7 heteroatoms. The molecular formula is C29H33N3O4. The normalized spacial score (nSPS) is 23.0. The van der Waals surface area contributed by atoms with Gasteiger partial charge in [-0.15, -0.1) is 0 Å². The van der Waals surface area contributed by atoms with Crippen molar-refractivity contribution in [3.8, 4) is 6.07 Å². The fourth-order valence-corrected chi connectivity index (χ4v) is 5.31. The highest BCUT2D eigenvalue weighted by Crippen LogP contribution is 2.41. The number of rotatable bonds is 10. The minimum Gasteiger partial charge on any atom is -0.469 e. The Morgan fingerprint density at radius 1 is 1.08 bits per heavy atom. The van der Waals surface area contributed by atoms with Gasteiger partial charge in [-0.2, -0.15) is 5.26 Å². The molecule has 0 unspecified atom stereocenters. The quantitative estimate of drug-likeness (QED) is 0.517. The Morgan fingerprint density at radius 3 is 2.47 bits per heavy atom. The lowest BCUT2D eigenvalue weighted by Crippen LogP contribution is -2.45. The molecule has 4 rings (SSSR count). The van der Waals surface area contributed by atoms with Gasteiger partial charge in [0.1, 0.15) is 0 Å². The molecule has 2 aliphatic rings. The molecule has 2 atom stereocenters. The Bertz CT molecular complexity index is 1100. The van der Waals surface area contributed by atoms with E-state index in [9.17, 15) is 14.4 Å². The number of nitriles is 1. The molecule has 2 amide bonds. The monoisotopic (exact) mass is 487 g/mol. The van der Waals surface area contributed by atoms with Crippen LogP contribution in [0.2, 0.25) is 0 Å². The van der Waals surface area contributed by atoms with Crippen molar-refractivity contribution in [1.82, 2.24) is 10.2 Å². The van der Waals surface area contributed by atoms with Crippen LogP contribution in [0.1, 0.15) is 54.7 Å². The van der Waals surface area contributed by atoms with E-state index < -0.39 is 5.92 Å². The molecule has 0 bridgehead atoms. The lowest BCUT2D eigenvalue weighted by molar-refractivity contribution is -0.144. The predicted molar refractivity (Wildman–Crippen MR) is 135 cm³/mol. The van der Waals surface area contributed by atoms with Crippen molar-refractivity contribution in [2.24, 2.45) is 11.8 Å². The second-order valence-corrected chi connectivity index (χ2v) is 9.83. The summed E-state index contributed by atoms with van der Waals surface area (Å²) in [7, 11) is 1.33. The van der Waals surface area contributed by atoms with Gasteiger partial charge in [0, 0.05) is 25.0 Å². The van der Waals surface area contributed by atoms with Crippen molar-refractivity contribution in [3.05, 3.63) is 71.3 Å². The van der Waals surface area contributed by atoms with E-state index in [1.54, 1.807) is 0 Å². The minimum absolute atomic E-state index is 0.0213. The van der Waals surface area contributed by atoms with E-state index in [0.717, 1.165) is 31.2 Å². The highest BCUT2D eigenvalue weighted by molar-refractivity contribution is 5.86. The summed E-state index contributed by atoms with van der Waals surface area (Å²) < 4.78 is 4.79. The summed E-state index contributed by atoms with van der Waals surface area (Å²) >= 11 is 0. The zero-order valence-electron chi connectivity index (χ0n) is 20.7. The van der Waals surface area contributed by atoms with Crippen molar-refractivity contribution < 1.29 is 19.1 Å². The first-order valence-electron chi connectivity index (χ1n) is 12.7. The number of hydrogen-bond acceptors (Lipinski definition) is 5. The van der Waals surface area contributed by atoms with Crippen LogP contribution in [-0.4, -0.2) is 48.9 Å². The average Bonchev–Trinajstić information content (AvgIpc) is 3.16. The summed E-state index contributed by atoms with van der Waals surface area (Å²) in [5.74, 6) is -0.503. The highest BCUT2D eigenvalue weighted by Gasteiger charge is 2.41. The molecule has 2 fully saturated rings. The van der Waals surface area contributed by atoms with Crippen molar-refractivity contribution in [1.29, 1.82) is 5.26 Å². The van der Waals surface area contributed by atoms with E-state index in [1.807, 2.05) is 47.4 Å². The maximum Gasteiger partial charge on any atom is 0.306 e. The van der Waals surface area contributed by atoms with E-state index >= 15 is 0 Å². The highest BCUT2D eigenvalue weighted by atomic mass is 16.5. The Morgan fingerprint density at radius 2 is 1.81 bits per heavy atom. The molecule has 1 aliphatic carbocycles. The maximum atomic E-state index is 13.1. The molecule has 2 aromatic carbocycles. The standard InChI is InChI=1S/C29H33N3O4/c1-36-27(33)17-25-16-26(32(29(25)35)13-5-8-20-6-3-2-4-7-20)19-31-28(34)24-14-23(15-24)22-11-9-21(18-30)10-12-22/h2-4,6-7,9-12,23-26H,5,8,13-17,19H2,1H3,(H,31,34)/t23?,24?,25-,26-/m0/s1. The van der Waals surface area contributed by atoms with Gasteiger partial charge in [-0.05, 0) is 61.3 Å². The number of ether oxygens (including phenoxy) is 1. The zero-order valence-corrected chi connectivity index (χ0v) is 20.7. The Labute approximate surface area is 212 Å². The van der Waals surface area contributed by atoms with Crippen LogP contribution in [0.15, 0.2) is 54.6 Å². The van der Waals surface area contributed by atoms with Gasteiger partial charge in [0.15, 0.2) is 0 Å². The zero-order chi connectivity index (χ0) is 25.5. The molecule has 0 spiro atoms. The number of aryl methyl sites for hydroxylation is 1. The third-order valence-corrected chi connectivity index (χ3v) is 7.51. The van der Waals surface area contributed by atoms with Gasteiger partial charge in [0.05, 0.1) is 31.1 Å². The molecule has 36 heavy (non-hydrogen) atoms. The number of benzene rings is 2. The molecule has 1 saturated heterocycles. The van der Waals surface area contributed by atoms with Gasteiger partial charge < -0.3 is 15.0 Å². The second-order valence-electron chi connectivity index (χ2n) is 9.83. The average molecular weight is 488 g/mol. The summed E-state index contributed by atoms with van der Waals surface area (Å²) in [5.41, 5.74) is 3.02. The van der Waals surface area contributed by atoms with Crippen molar-refractivity contribution in [3.63, 3.8) is 0 Å². The van der Waals surface area contributed by atoms with Gasteiger partial charge in [-0.3, -0.25) is 14.4 Å². The Balaban J connectivity index is 1.29. The van der Waals surface area contributed by atoms with E-state index in [0.29, 0.717) is 31.0 Å². The van der Waals surface area contributed by atoms with Gasteiger partial charge in [-0.25, -0.2) is 0 Å².